The summed E-state index contributed by atoms with van der Waals surface area (Å²) in [6, 6.07) is 50.5. The van der Waals surface area contributed by atoms with Crippen LogP contribution in [0.2, 0.25) is 0 Å². The van der Waals surface area contributed by atoms with E-state index >= 15 is 19.2 Å². The molecule has 18 heteroatoms. The summed E-state index contributed by atoms with van der Waals surface area (Å²) in [4.78, 5) is 80.0. The van der Waals surface area contributed by atoms with Crippen LogP contribution in [0.25, 0.3) is 88.4 Å². The van der Waals surface area contributed by atoms with Crippen molar-refractivity contribution >= 4 is 102 Å². The van der Waals surface area contributed by atoms with Gasteiger partial charge >= 0.3 is 24.4 Å². The molecule has 536 valence electrons. The van der Waals surface area contributed by atoms with Gasteiger partial charge in [-0.2, -0.15) is 0 Å². The summed E-state index contributed by atoms with van der Waals surface area (Å²) in [5.41, 5.74) is 12.0. The van der Waals surface area contributed by atoms with Gasteiger partial charge < -0.3 is 38.4 Å². The molecular formula is C88H84N8O10. The zero-order valence-corrected chi connectivity index (χ0v) is 62.9. The number of nitrogens with one attached hydrogen (secondary N) is 2. The van der Waals surface area contributed by atoms with Crippen LogP contribution in [0.1, 0.15) is 150 Å². The number of aryl methyl sites for hydroxylation is 6. The molecule has 0 amide bonds. The number of rotatable bonds is 6. The van der Waals surface area contributed by atoms with E-state index in [-0.39, 0.29) is 23.6 Å². The molecule has 0 saturated heterocycles. The number of aromatic nitrogens is 6. The minimum Gasteiger partial charge on any atom is -0.443 e. The molecule has 0 atom stereocenters. The first-order chi connectivity index (χ1) is 50.1. The van der Waals surface area contributed by atoms with Crippen LogP contribution in [0.4, 0.5) is 19.2 Å². The molecule has 2 N–H and O–H groups in total. The first-order valence-electron chi connectivity index (χ1n) is 35.6. The molecule has 6 aromatic carbocycles. The third-order valence-corrected chi connectivity index (χ3v) is 18.6. The molecule has 18 nitrogen and oxygen atoms in total. The average molecular weight is 1410 g/mol. The topological polar surface area (TPSA) is 200 Å². The number of allylic oxidation sites excluding steroid dienone is 2. The van der Waals surface area contributed by atoms with Crippen LogP contribution in [-0.2, 0) is 18.9 Å². The molecule has 0 unspecified atom stereocenters. The van der Waals surface area contributed by atoms with Crippen LogP contribution in [-0.4, -0.2) is 86.8 Å². The Bertz CT molecular complexity index is 5570. The number of fused-ring (bicyclic) bond motifs is 10. The van der Waals surface area contributed by atoms with Crippen molar-refractivity contribution in [2.75, 3.05) is 0 Å². The number of hydrogen-bond donors (Lipinski definition) is 2. The van der Waals surface area contributed by atoms with Gasteiger partial charge in [0.2, 0.25) is 23.6 Å². The largest absolute Gasteiger partial charge is 0.443 e. The first kappa shape index (κ1) is 69.5. The third-order valence-electron chi connectivity index (χ3n) is 18.6. The van der Waals surface area contributed by atoms with Gasteiger partial charge in [-0.05, 0) is 231 Å². The molecule has 12 aromatic rings. The van der Waals surface area contributed by atoms with Crippen LogP contribution in [0.3, 0.4) is 0 Å². The Morgan fingerprint density at radius 2 is 0.623 bits per heavy atom. The van der Waals surface area contributed by atoms with E-state index < -0.39 is 46.8 Å². The lowest BCUT2D eigenvalue weighted by molar-refractivity contribution is 0.0532. The second kappa shape index (κ2) is 25.3. The summed E-state index contributed by atoms with van der Waals surface area (Å²) in [6.07, 6.45) is 1.30. The van der Waals surface area contributed by atoms with Crippen molar-refractivity contribution in [3.63, 3.8) is 0 Å². The quantitative estimate of drug-likeness (QED) is 0.151. The van der Waals surface area contributed by atoms with Crippen molar-refractivity contribution in [1.82, 2.24) is 28.2 Å². The summed E-state index contributed by atoms with van der Waals surface area (Å²) < 4.78 is 46.9. The molecule has 0 spiro atoms. The van der Waals surface area contributed by atoms with Gasteiger partial charge in [-0.1, -0.05) is 108 Å². The predicted octanol–water partition coefficient (Wildman–Crippen LogP) is 21.5. The van der Waals surface area contributed by atoms with E-state index in [1.807, 2.05) is 229 Å². The SMILES string of the molecule is Cc1cc(C)c(C2=C3C=C(c4cc5ccccc5n4C(=O)OC(C)(C)C)C(=N3)Oc3[nH]c(cc3-c3cc4ccccc4n3C(=O)OC(C)(C)C)C(c3c(C)cc(C)cc3C)=C3C=C(c4cc5ccccc5n4C(=O)OC(C)(C)C)C(=N3)Oc3[nH]c2cc3-c2cc3ccccc3n2C(=O)OC(C)(C)C)c(C)c1. The van der Waals surface area contributed by atoms with Crippen molar-refractivity contribution in [2.45, 2.75) is 147 Å². The number of H-pyrrole nitrogens is 2. The molecule has 15 rings (SSSR count). The number of hydrogen-bond acceptors (Lipinski definition) is 12. The fourth-order valence-electron chi connectivity index (χ4n) is 14.8. The van der Waals surface area contributed by atoms with E-state index in [0.717, 1.165) is 66.1 Å². The Hall–Kier alpha value is -12.2. The molecule has 8 bridgehead atoms. The molecule has 0 fully saturated rings. The van der Waals surface area contributed by atoms with E-state index in [9.17, 15) is 0 Å². The molecule has 106 heavy (non-hydrogen) atoms. The minimum atomic E-state index is -0.918. The summed E-state index contributed by atoms with van der Waals surface area (Å²) >= 11 is 0. The van der Waals surface area contributed by atoms with Gasteiger partial charge in [0, 0.05) is 32.7 Å². The molecular weight excluding hydrogens is 1330 g/mol. The lowest BCUT2D eigenvalue weighted by Crippen LogP contribution is -2.28. The zero-order valence-electron chi connectivity index (χ0n) is 62.9. The normalized spacial score (nSPS) is 14.2. The number of aliphatic imine (C=N–C) groups is 2. The highest BCUT2D eigenvalue weighted by molar-refractivity contribution is 6.27. The number of aromatic amines is 2. The highest BCUT2D eigenvalue weighted by Crippen LogP contribution is 2.49. The van der Waals surface area contributed by atoms with Gasteiger partial charge in [-0.15, -0.1) is 0 Å². The number of carbonyl (C=O) groups excluding carboxylic acids is 4. The van der Waals surface area contributed by atoms with Gasteiger partial charge in [-0.25, -0.2) is 47.4 Å². The molecule has 0 aliphatic carbocycles. The lowest BCUT2D eigenvalue weighted by atomic mass is 9.90. The van der Waals surface area contributed by atoms with E-state index in [1.54, 1.807) is 18.3 Å². The smallest absolute Gasteiger partial charge is 0.419 e. The first-order valence-corrected chi connectivity index (χ1v) is 35.6. The molecule has 3 aliphatic heterocycles. The maximum Gasteiger partial charge on any atom is 0.419 e. The van der Waals surface area contributed by atoms with Crippen molar-refractivity contribution in [2.24, 2.45) is 9.98 Å². The van der Waals surface area contributed by atoms with Gasteiger partial charge in [0.05, 0.1) is 89.9 Å². The van der Waals surface area contributed by atoms with Gasteiger partial charge in [-0.3, -0.25) is 0 Å². The molecule has 3 aliphatic rings. The molecule has 0 saturated carbocycles. The Balaban J connectivity index is 1.13. The highest BCUT2D eigenvalue weighted by Gasteiger charge is 2.38. The maximum absolute atomic E-state index is 15.2. The second-order valence-electron chi connectivity index (χ2n) is 31.7. The van der Waals surface area contributed by atoms with E-state index in [0.29, 0.717) is 101 Å². The van der Waals surface area contributed by atoms with Gasteiger partial charge in [0.1, 0.15) is 22.4 Å². The van der Waals surface area contributed by atoms with Crippen molar-refractivity contribution in [1.29, 1.82) is 0 Å². The van der Waals surface area contributed by atoms with Gasteiger partial charge in [0.15, 0.2) is 0 Å². The summed E-state index contributed by atoms with van der Waals surface area (Å²) in [7, 11) is 0. The van der Waals surface area contributed by atoms with E-state index in [1.165, 1.54) is 0 Å². The number of benzene rings is 6. The number of para-hydroxylation sites is 4. The fraction of sp³-hybridized carbons (Fsp3) is 0.250. The van der Waals surface area contributed by atoms with E-state index in [4.69, 9.17) is 38.4 Å². The van der Waals surface area contributed by atoms with Gasteiger partial charge in [0.25, 0.3) is 0 Å². The standard InChI is InChI=1S/C88H84N8O10/c1-47-35-49(3)73(50(4)36-47)75-61-43-57(69-39-53-27-19-23-31-65(53)93(69)81(97)103-85(7,8)9)77(89-61)101-79-59(71-41-55-29-21-25-33-67(55)95(71)83(99)105-87(13,14)15)45-63(91-79)76(74-51(5)37-48(2)38-52(74)6)64-46-60(72-42-56-30-22-26-34-68(56)96(72)84(100)106-88(16,17)18)80(92-64)102-78-58(44-62(75)90-78)70-40-54-28-20-24-32-66(54)94(70)82(98)104-86(10,11)12/h19-46,89,92H,1-18H3. The molecule has 0 radical (unpaired) electrons. The van der Waals surface area contributed by atoms with Crippen molar-refractivity contribution in [3.8, 4) is 34.3 Å². The second-order valence-corrected chi connectivity index (χ2v) is 31.7. The monoisotopic (exact) mass is 1410 g/mol. The Kier molecular flexibility index (Phi) is 16.6. The van der Waals surface area contributed by atoms with E-state index in [2.05, 4.69) is 75.8 Å². The number of carbonyl (C=O) groups is 4. The fourth-order valence-corrected chi connectivity index (χ4v) is 14.8. The average Bonchev–Trinajstić information content (AvgIpc) is 1.58. The Morgan fingerprint density at radius 3 is 0.906 bits per heavy atom. The van der Waals surface area contributed by atoms with Crippen LogP contribution in [0.15, 0.2) is 191 Å². The van der Waals surface area contributed by atoms with Crippen LogP contribution < -0.4 is 9.47 Å². The Labute approximate surface area is 614 Å². The van der Waals surface area contributed by atoms with Crippen LogP contribution >= 0.6 is 0 Å². The molecule has 6 aromatic heterocycles. The summed E-state index contributed by atoms with van der Waals surface area (Å²) in [5, 5.41) is 2.96. The summed E-state index contributed by atoms with van der Waals surface area (Å²) in [5.74, 6) is 0.426. The van der Waals surface area contributed by atoms with Crippen molar-refractivity contribution < 1.29 is 47.6 Å². The summed E-state index contributed by atoms with van der Waals surface area (Å²) in [6.45, 7) is 34.3. The highest BCUT2D eigenvalue weighted by atomic mass is 16.6. The van der Waals surface area contributed by atoms with Crippen LogP contribution in [0.5, 0.6) is 11.8 Å². The Morgan fingerprint density at radius 1 is 0.358 bits per heavy atom. The molecule has 9 heterocycles. The zero-order chi connectivity index (χ0) is 75.1. The maximum atomic E-state index is 15.2. The predicted molar refractivity (Wildman–Crippen MR) is 419 cm³/mol. The number of ether oxygens (including phenoxy) is 6. The van der Waals surface area contributed by atoms with Crippen LogP contribution in [0, 0.1) is 41.5 Å². The minimum absolute atomic E-state index is 0.0627. The lowest BCUT2D eigenvalue weighted by Gasteiger charge is -2.21. The third kappa shape index (κ3) is 12.7. The number of nitrogens with zero attached hydrogens (tertiary/aromatic N) is 6. The van der Waals surface area contributed by atoms with Crippen molar-refractivity contribution in [3.05, 3.63) is 249 Å².